The minimum absolute atomic E-state index is 0.0334. The van der Waals surface area contributed by atoms with Gasteiger partial charge in [0.15, 0.2) is 5.60 Å². The predicted octanol–water partition coefficient (Wildman–Crippen LogP) is 7.77. The maximum Gasteiger partial charge on any atom is 0.416 e. The molecule has 2 aromatic carbocycles. The Kier molecular flexibility index (Phi) is 11.8. The number of ether oxygens (including phenoxy) is 2. The maximum atomic E-state index is 15.9. The van der Waals surface area contributed by atoms with E-state index in [1.807, 2.05) is 0 Å². The SMILES string of the molecule is [2H]C([2H])(N[C@@H](c1ccc2c(c1)nc([C@H](COC(C)(C)C(F)(F)F)N[S+]([O-])C(C)(C)C)n2COCC[Si](C)(C)C)C1CC1)C(F)(F)CN1C(=O)c2ccccc2C1=O. The number of aromatic nitrogens is 2. The summed E-state index contributed by atoms with van der Waals surface area (Å²) in [4.78, 5) is 30.9. The van der Waals surface area contributed by atoms with E-state index in [2.05, 4.69) is 29.7 Å². The monoisotopic (exact) mass is 815 g/mol. The number of fused-ring (bicyclic) bond motifs is 2. The smallest absolute Gasteiger partial charge is 0.416 e. The lowest BCUT2D eigenvalue weighted by molar-refractivity contribution is -0.265. The van der Waals surface area contributed by atoms with E-state index >= 15 is 8.78 Å². The highest BCUT2D eigenvalue weighted by molar-refractivity contribution is 7.90. The molecule has 1 unspecified atom stereocenters. The number of alkyl halides is 5. The van der Waals surface area contributed by atoms with Gasteiger partial charge in [0.2, 0.25) is 0 Å². The minimum Gasteiger partial charge on any atom is -0.598 e. The second-order valence-electron chi connectivity index (χ2n) is 16.9. The Bertz CT molecular complexity index is 1920. The summed E-state index contributed by atoms with van der Waals surface area (Å²) >= 11 is -1.78. The van der Waals surface area contributed by atoms with E-state index in [9.17, 15) is 27.3 Å². The van der Waals surface area contributed by atoms with E-state index in [-0.39, 0.29) is 29.6 Å². The summed E-state index contributed by atoms with van der Waals surface area (Å²) < 4.78 is 119. The van der Waals surface area contributed by atoms with Crippen LogP contribution in [0.15, 0.2) is 42.5 Å². The van der Waals surface area contributed by atoms with Gasteiger partial charge in [-0.15, -0.1) is 4.72 Å². The van der Waals surface area contributed by atoms with Crippen molar-refractivity contribution in [2.75, 3.05) is 26.3 Å². The summed E-state index contributed by atoms with van der Waals surface area (Å²) in [6, 6.07) is 9.36. The van der Waals surface area contributed by atoms with Crippen LogP contribution in [0.1, 0.15) is 94.4 Å². The number of halogens is 5. The van der Waals surface area contributed by atoms with E-state index in [0.717, 1.165) is 19.9 Å². The first kappa shape index (κ1) is 40.3. The molecule has 17 heteroatoms. The van der Waals surface area contributed by atoms with E-state index in [1.165, 1.54) is 24.3 Å². The molecule has 2 heterocycles. The third kappa shape index (κ3) is 10.5. The summed E-state index contributed by atoms with van der Waals surface area (Å²) in [6.07, 6.45) is -3.50. The second kappa shape index (κ2) is 16.1. The minimum atomic E-state index is -4.72. The molecule has 1 aliphatic carbocycles. The Morgan fingerprint density at radius 3 is 2.18 bits per heavy atom. The number of rotatable bonds is 18. The van der Waals surface area contributed by atoms with Gasteiger partial charge in [0.05, 0.1) is 41.8 Å². The molecule has 0 saturated heterocycles. The van der Waals surface area contributed by atoms with Gasteiger partial charge in [0.25, 0.3) is 17.7 Å². The Morgan fingerprint density at radius 2 is 1.64 bits per heavy atom. The molecule has 55 heavy (non-hydrogen) atoms. The molecule has 5 rings (SSSR count). The zero-order chi connectivity index (χ0) is 42.5. The molecule has 1 saturated carbocycles. The van der Waals surface area contributed by atoms with Crippen LogP contribution in [0.25, 0.3) is 11.0 Å². The summed E-state index contributed by atoms with van der Waals surface area (Å²) in [7, 11) is -1.51. The van der Waals surface area contributed by atoms with Crippen LogP contribution in [0.2, 0.25) is 25.7 Å². The number of amides is 2. The molecule has 0 spiro atoms. The van der Waals surface area contributed by atoms with Crippen LogP contribution >= 0.6 is 0 Å². The molecule has 1 fully saturated rings. The normalized spacial score (nSPS) is 18.4. The van der Waals surface area contributed by atoms with Gasteiger partial charge in [0.1, 0.15) is 23.3 Å². The number of carbonyl (C=O) groups excluding carboxylic acids is 2. The van der Waals surface area contributed by atoms with Crippen LogP contribution in [-0.2, 0) is 27.6 Å². The third-order valence-electron chi connectivity index (χ3n) is 9.53. The van der Waals surface area contributed by atoms with Crippen LogP contribution in [0.3, 0.4) is 0 Å². The number of nitrogens with zero attached hydrogens (tertiary/aromatic N) is 3. The Balaban J connectivity index is 1.49. The topological polar surface area (TPSA) is 121 Å². The molecule has 1 aliphatic heterocycles. The number of hydrogen-bond donors (Lipinski definition) is 2. The first-order valence-corrected chi connectivity index (χ1v) is 23.1. The zero-order valence-corrected chi connectivity index (χ0v) is 34.2. The molecule has 3 atom stereocenters. The van der Waals surface area contributed by atoms with Crippen molar-refractivity contribution in [2.24, 2.45) is 5.92 Å². The van der Waals surface area contributed by atoms with Gasteiger partial charge in [-0.05, 0) is 89.3 Å². The number of imide groups is 1. The van der Waals surface area contributed by atoms with Crippen molar-refractivity contribution in [2.45, 2.75) is 114 Å². The lowest BCUT2D eigenvalue weighted by Gasteiger charge is -2.32. The third-order valence-corrected chi connectivity index (χ3v) is 12.8. The van der Waals surface area contributed by atoms with Gasteiger partial charge in [-0.25, -0.2) is 13.8 Å². The first-order valence-electron chi connectivity index (χ1n) is 19.2. The molecule has 2 N–H and O–H groups in total. The van der Waals surface area contributed by atoms with Gasteiger partial charge in [-0.2, -0.15) is 13.2 Å². The van der Waals surface area contributed by atoms with E-state index in [4.69, 9.17) is 17.2 Å². The van der Waals surface area contributed by atoms with Gasteiger partial charge in [-0.3, -0.25) is 14.5 Å². The molecule has 2 amide bonds. The highest BCUT2D eigenvalue weighted by Crippen LogP contribution is 2.42. The molecule has 10 nitrogen and oxygen atoms in total. The van der Waals surface area contributed by atoms with Crippen molar-refractivity contribution in [3.63, 3.8) is 0 Å². The van der Waals surface area contributed by atoms with Crippen LogP contribution in [0.5, 0.6) is 0 Å². The standard InChI is InChI=1S/C38H52F5N5O5SSi/c1-35(2,3)54(51)46-29(20-53-36(4,5)38(41,42)43)32-45-28-19-25(15-16-30(28)48(32)23-52-17-18-55(6,7)8)31(24-13-14-24)44-21-37(39,40)22-47-33(49)26-11-9-10-12-27(26)34(47)50/h9-12,15-16,19,24,29,31,44,46H,13-14,17-18,20-23H2,1-8H3/t29-,31+,54?/m0/s1/i21D2. The fourth-order valence-electron chi connectivity index (χ4n) is 5.84. The molecule has 1 aromatic heterocycles. The van der Waals surface area contributed by atoms with Gasteiger partial charge in [0, 0.05) is 34.8 Å². The molecular formula is C38H52F5N5O5SSi. The van der Waals surface area contributed by atoms with Crippen molar-refractivity contribution in [1.82, 2.24) is 24.5 Å². The fourth-order valence-corrected chi connectivity index (χ4v) is 7.38. The van der Waals surface area contributed by atoms with Crippen LogP contribution < -0.4 is 10.0 Å². The molecule has 2 aliphatic rings. The highest BCUT2D eigenvalue weighted by atomic mass is 32.2. The quantitative estimate of drug-likeness (QED) is 0.0440. The second-order valence-corrected chi connectivity index (χ2v) is 24.5. The van der Waals surface area contributed by atoms with Gasteiger partial charge >= 0.3 is 6.18 Å². The lowest BCUT2D eigenvalue weighted by atomic mass is 10.0. The van der Waals surface area contributed by atoms with Crippen molar-refractivity contribution in [3.8, 4) is 0 Å². The molecule has 0 bridgehead atoms. The summed E-state index contributed by atoms with van der Waals surface area (Å²) in [5.41, 5.74) is -1.41. The van der Waals surface area contributed by atoms with Gasteiger partial charge in [-0.1, -0.05) is 37.8 Å². The molecule has 304 valence electrons. The Labute approximate surface area is 326 Å². The predicted molar refractivity (Wildman–Crippen MR) is 204 cm³/mol. The summed E-state index contributed by atoms with van der Waals surface area (Å²) in [6.45, 7) is 8.34. The van der Waals surface area contributed by atoms with E-state index in [0.29, 0.717) is 40.9 Å². The lowest BCUT2D eigenvalue weighted by Crippen LogP contribution is -2.47. The van der Waals surface area contributed by atoms with Crippen LogP contribution in [-0.4, -0.2) is 87.6 Å². The largest absolute Gasteiger partial charge is 0.598 e. The molecule has 3 aromatic rings. The van der Waals surface area contributed by atoms with Crippen molar-refractivity contribution in [3.05, 3.63) is 65.0 Å². The van der Waals surface area contributed by atoms with Crippen molar-refractivity contribution >= 4 is 42.3 Å². The number of hydrogen-bond acceptors (Lipinski definition) is 8. The molecule has 0 radical (unpaired) electrons. The maximum absolute atomic E-state index is 15.9. The zero-order valence-electron chi connectivity index (χ0n) is 34.4. The average Bonchev–Trinajstić information content (AvgIpc) is 3.84. The van der Waals surface area contributed by atoms with Crippen LogP contribution in [0.4, 0.5) is 22.0 Å². The highest BCUT2D eigenvalue weighted by Gasteiger charge is 2.49. The number of imidazole rings is 1. The molecular weight excluding hydrogens is 762 g/mol. The Hall–Kier alpha value is -2.93. The number of benzene rings is 2. The first-order chi connectivity index (χ1) is 26.1. The number of nitrogens with one attached hydrogen (secondary N) is 2. The van der Waals surface area contributed by atoms with E-state index < -0.39 is 85.4 Å². The van der Waals surface area contributed by atoms with E-state index in [1.54, 1.807) is 43.5 Å². The van der Waals surface area contributed by atoms with Crippen molar-refractivity contribution < 1.29 is 48.3 Å². The summed E-state index contributed by atoms with van der Waals surface area (Å²) in [5, 5.41) is 2.49. The Morgan fingerprint density at radius 1 is 1.02 bits per heavy atom. The van der Waals surface area contributed by atoms with Gasteiger partial charge < -0.3 is 23.9 Å². The summed E-state index contributed by atoms with van der Waals surface area (Å²) in [5.74, 6) is -6.15. The fraction of sp³-hybridized carbons (Fsp3) is 0.605. The van der Waals surface area contributed by atoms with Crippen LogP contribution in [0, 0.1) is 5.92 Å². The number of carbonyl (C=O) groups is 2. The average molecular weight is 816 g/mol. The van der Waals surface area contributed by atoms with Crippen molar-refractivity contribution in [1.29, 1.82) is 0 Å².